The van der Waals surface area contributed by atoms with Crippen LogP contribution in [0.3, 0.4) is 0 Å². The van der Waals surface area contributed by atoms with Crippen LogP contribution < -0.4 is 21.9 Å². The minimum atomic E-state index is 0.0509. The molecule has 64 valence electrons. The Morgan fingerprint density at radius 2 is 2.00 bits per heavy atom. The topological polar surface area (TPSA) is 61.0 Å². The van der Waals surface area contributed by atoms with Crippen LogP contribution in [0.25, 0.3) is 0 Å². The summed E-state index contributed by atoms with van der Waals surface area (Å²) in [5.41, 5.74) is 12.5. The fraction of sp³-hybridized carbons (Fsp3) is 0.167. The van der Waals surface area contributed by atoms with Crippen molar-refractivity contribution in [3.8, 4) is 0 Å². The van der Waals surface area contributed by atoms with E-state index in [4.69, 9.17) is 0 Å². The third-order valence-electron chi connectivity index (χ3n) is 1.55. The summed E-state index contributed by atoms with van der Waals surface area (Å²) in [6, 6.07) is 1.99. The first-order chi connectivity index (χ1) is 5.86. The van der Waals surface area contributed by atoms with Crippen molar-refractivity contribution < 1.29 is 0 Å². The maximum Gasteiger partial charge on any atom is 0.113 e. The standard InChI is InChI=1S/C6H8BrN5/c7-5-1-4(2-8-3-5)6-9-11-12-10-6/h1-3,6,9-12H. The summed E-state index contributed by atoms with van der Waals surface area (Å²) >= 11 is 3.35. The first-order valence-corrected chi connectivity index (χ1v) is 4.27. The molecule has 0 radical (unpaired) electrons. The molecule has 0 unspecified atom stereocenters. The molecule has 1 aliphatic rings. The van der Waals surface area contributed by atoms with Gasteiger partial charge in [-0.2, -0.15) is 11.1 Å². The lowest BCUT2D eigenvalue weighted by atomic mass is 10.2. The van der Waals surface area contributed by atoms with Crippen LogP contribution in [0.2, 0.25) is 0 Å². The molecule has 0 amide bonds. The molecule has 12 heavy (non-hydrogen) atoms. The number of hydrazine groups is 3. The Morgan fingerprint density at radius 3 is 2.67 bits per heavy atom. The number of halogens is 1. The van der Waals surface area contributed by atoms with E-state index in [1.807, 2.05) is 6.07 Å². The van der Waals surface area contributed by atoms with Crippen LogP contribution in [0.15, 0.2) is 22.9 Å². The Bertz CT molecular complexity index is 272. The van der Waals surface area contributed by atoms with Crippen LogP contribution in [-0.2, 0) is 0 Å². The fourth-order valence-corrected chi connectivity index (χ4v) is 1.39. The monoisotopic (exact) mass is 229 g/mol. The summed E-state index contributed by atoms with van der Waals surface area (Å²) in [7, 11) is 0. The Balaban J connectivity index is 2.21. The van der Waals surface area contributed by atoms with Crippen molar-refractivity contribution in [3.05, 3.63) is 28.5 Å². The van der Waals surface area contributed by atoms with Gasteiger partial charge in [0, 0.05) is 22.4 Å². The molecule has 0 aliphatic carbocycles. The summed E-state index contributed by atoms with van der Waals surface area (Å²) < 4.78 is 0.968. The number of hydrogen-bond acceptors (Lipinski definition) is 5. The molecule has 1 aliphatic heterocycles. The van der Waals surface area contributed by atoms with E-state index in [2.05, 4.69) is 42.8 Å². The summed E-state index contributed by atoms with van der Waals surface area (Å²) in [6.07, 6.45) is 3.60. The molecule has 5 nitrogen and oxygen atoms in total. The molecule has 4 N–H and O–H groups in total. The zero-order valence-electron chi connectivity index (χ0n) is 6.13. The molecule has 0 atom stereocenters. The second-order valence-electron chi connectivity index (χ2n) is 2.41. The Kier molecular flexibility index (Phi) is 2.33. The van der Waals surface area contributed by atoms with Gasteiger partial charge in [-0.1, -0.05) is 0 Å². The van der Waals surface area contributed by atoms with Crippen molar-refractivity contribution in [1.29, 1.82) is 0 Å². The third-order valence-corrected chi connectivity index (χ3v) is 1.99. The zero-order valence-corrected chi connectivity index (χ0v) is 7.72. The van der Waals surface area contributed by atoms with Gasteiger partial charge in [0.2, 0.25) is 0 Å². The van der Waals surface area contributed by atoms with E-state index in [-0.39, 0.29) is 6.17 Å². The van der Waals surface area contributed by atoms with Gasteiger partial charge in [-0.15, -0.1) is 0 Å². The molecular weight excluding hydrogens is 222 g/mol. The minimum absolute atomic E-state index is 0.0509. The Labute approximate surface area is 78.0 Å². The zero-order chi connectivity index (χ0) is 8.39. The number of pyridine rings is 1. The van der Waals surface area contributed by atoms with Crippen molar-refractivity contribution in [2.24, 2.45) is 0 Å². The highest BCUT2D eigenvalue weighted by molar-refractivity contribution is 9.10. The van der Waals surface area contributed by atoms with Crippen molar-refractivity contribution >= 4 is 15.9 Å². The average molecular weight is 230 g/mol. The minimum Gasteiger partial charge on any atom is -0.263 e. The molecule has 1 saturated heterocycles. The van der Waals surface area contributed by atoms with Gasteiger partial charge in [-0.05, 0) is 22.0 Å². The summed E-state index contributed by atoms with van der Waals surface area (Å²) in [6.45, 7) is 0. The van der Waals surface area contributed by atoms with Gasteiger partial charge in [0.25, 0.3) is 0 Å². The second-order valence-corrected chi connectivity index (χ2v) is 3.32. The van der Waals surface area contributed by atoms with Crippen LogP contribution in [0.4, 0.5) is 0 Å². The number of hydrogen-bond donors (Lipinski definition) is 4. The van der Waals surface area contributed by atoms with Gasteiger partial charge >= 0.3 is 0 Å². The molecule has 0 saturated carbocycles. The lowest BCUT2D eigenvalue weighted by Gasteiger charge is -2.07. The van der Waals surface area contributed by atoms with E-state index in [9.17, 15) is 0 Å². The predicted octanol–water partition coefficient (Wildman–Crippen LogP) is -0.0403. The molecule has 1 aromatic heterocycles. The van der Waals surface area contributed by atoms with Crippen LogP contribution in [0.5, 0.6) is 0 Å². The van der Waals surface area contributed by atoms with Gasteiger partial charge < -0.3 is 0 Å². The SMILES string of the molecule is Brc1cncc(C2NNNN2)c1. The largest absolute Gasteiger partial charge is 0.263 e. The van der Waals surface area contributed by atoms with Gasteiger partial charge in [0.05, 0.1) is 0 Å². The van der Waals surface area contributed by atoms with Gasteiger partial charge in [0.1, 0.15) is 6.17 Å². The highest BCUT2D eigenvalue weighted by Crippen LogP contribution is 2.14. The molecule has 0 bridgehead atoms. The third kappa shape index (κ3) is 1.62. The van der Waals surface area contributed by atoms with Crippen LogP contribution in [0.1, 0.15) is 11.7 Å². The fourth-order valence-electron chi connectivity index (χ4n) is 1.01. The van der Waals surface area contributed by atoms with E-state index >= 15 is 0 Å². The van der Waals surface area contributed by atoms with E-state index in [1.165, 1.54) is 0 Å². The molecule has 0 aromatic carbocycles. The van der Waals surface area contributed by atoms with Crippen molar-refractivity contribution in [2.75, 3.05) is 0 Å². The predicted molar refractivity (Wildman–Crippen MR) is 47.2 cm³/mol. The van der Waals surface area contributed by atoms with Crippen molar-refractivity contribution in [1.82, 2.24) is 26.9 Å². The number of rotatable bonds is 1. The summed E-state index contributed by atoms with van der Waals surface area (Å²) in [5.74, 6) is 0. The second kappa shape index (κ2) is 3.46. The molecule has 1 aromatic rings. The number of nitrogens with one attached hydrogen (secondary N) is 4. The van der Waals surface area contributed by atoms with Crippen molar-refractivity contribution in [3.63, 3.8) is 0 Å². The highest BCUT2D eigenvalue weighted by atomic mass is 79.9. The van der Waals surface area contributed by atoms with E-state index in [0.717, 1.165) is 10.0 Å². The number of nitrogens with zero attached hydrogens (tertiary/aromatic N) is 1. The Morgan fingerprint density at radius 1 is 1.25 bits per heavy atom. The van der Waals surface area contributed by atoms with Gasteiger partial charge in [-0.25, -0.2) is 10.9 Å². The summed E-state index contributed by atoms with van der Waals surface area (Å²) in [5, 5.41) is 0. The van der Waals surface area contributed by atoms with Gasteiger partial charge in [-0.3, -0.25) is 4.98 Å². The molecule has 1 fully saturated rings. The molecular formula is C6H8BrN5. The highest BCUT2D eigenvalue weighted by Gasteiger charge is 2.14. The van der Waals surface area contributed by atoms with E-state index in [0.29, 0.717) is 0 Å². The molecule has 6 heteroatoms. The normalized spacial score (nSPS) is 18.4. The van der Waals surface area contributed by atoms with Gasteiger partial charge in [0.15, 0.2) is 0 Å². The molecule has 2 rings (SSSR count). The Hall–Kier alpha value is -0.530. The molecule has 2 heterocycles. The van der Waals surface area contributed by atoms with Crippen LogP contribution >= 0.6 is 15.9 Å². The summed E-state index contributed by atoms with van der Waals surface area (Å²) in [4.78, 5) is 4.05. The van der Waals surface area contributed by atoms with E-state index < -0.39 is 0 Å². The maximum absolute atomic E-state index is 4.05. The van der Waals surface area contributed by atoms with E-state index in [1.54, 1.807) is 12.4 Å². The van der Waals surface area contributed by atoms with Crippen LogP contribution in [-0.4, -0.2) is 4.98 Å². The lowest BCUT2D eigenvalue weighted by molar-refractivity contribution is 0.552. The quantitative estimate of drug-likeness (QED) is 0.545. The number of aromatic nitrogens is 1. The average Bonchev–Trinajstić information content (AvgIpc) is 2.56. The lowest BCUT2D eigenvalue weighted by Crippen LogP contribution is -2.33. The maximum atomic E-state index is 4.05. The molecule has 0 spiro atoms. The van der Waals surface area contributed by atoms with Crippen LogP contribution in [0, 0.1) is 0 Å². The van der Waals surface area contributed by atoms with Crippen molar-refractivity contribution in [2.45, 2.75) is 6.17 Å². The smallest absolute Gasteiger partial charge is 0.113 e. The first-order valence-electron chi connectivity index (χ1n) is 3.48. The first kappa shape index (κ1) is 8.09.